The molecule has 0 saturated heterocycles. The summed E-state index contributed by atoms with van der Waals surface area (Å²) in [5.74, 6) is 0.678. The fraction of sp³-hybridized carbons (Fsp3) is 0.188. The summed E-state index contributed by atoms with van der Waals surface area (Å²) in [7, 11) is 1.32. The molecule has 0 amide bonds. The SMILES string of the molecule is COC(=O)c1cccc(Oc2ccc(C)cc2C)c1N. The van der Waals surface area contributed by atoms with Crippen LogP contribution in [-0.2, 0) is 4.74 Å². The normalized spacial score (nSPS) is 10.2. The number of anilines is 1. The molecule has 0 bridgehead atoms. The molecule has 0 fully saturated rings. The zero-order chi connectivity index (χ0) is 14.7. The largest absolute Gasteiger partial charge is 0.465 e. The lowest BCUT2D eigenvalue weighted by Crippen LogP contribution is -2.06. The smallest absolute Gasteiger partial charge is 0.340 e. The van der Waals surface area contributed by atoms with Gasteiger partial charge in [0.2, 0.25) is 0 Å². The van der Waals surface area contributed by atoms with Crippen molar-refractivity contribution >= 4 is 11.7 Å². The number of methoxy groups -OCH3 is 1. The Bertz CT molecular complexity index is 650. The summed E-state index contributed by atoms with van der Waals surface area (Å²) >= 11 is 0. The summed E-state index contributed by atoms with van der Waals surface area (Å²) in [6, 6.07) is 10.9. The molecule has 0 heterocycles. The molecule has 0 radical (unpaired) electrons. The Kier molecular flexibility index (Phi) is 3.94. The monoisotopic (exact) mass is 271 g/mol. The van der Waals surface area contributed by atoms with Crippen molar-refractivity contribution in [3.05, 3.63) is 53.1 Å². The van der Waals surface area contributed by atoms with Gasteiger partial charge in [0, 0.05) is 0 Å². The van der Waals surface area contributed by atoms with E-state index in [4.69, 9.17) is 10.5 Å². The highest BCUT2D eigenvalue weighted by atomic mass is 16.5. The van der Waals surface area contributed by atoms with Crippen LogP contribution >= 0.6 is 0 Å². The lowest BCUT2D eigenvalue weighted by Gasteiger charge is -2.13. The lowest BCUT2D eigenvalue weighted by molar-refractivity contribution is 0.0601. The molecule has 2 aromatic carbocycles. The highest BCUT2D eigenvalue weighted by Gasteiger charge is 2.14. The third-order valence-corrected chi connectivity index (χ3v) is 3.02. The molecule has 0 aliphatic carbocycles. The van der Waals surface area contributed by atoms with Gasteiger partial charge in [0.1, 0.15) is 5.75 Å². The number of nitrogen functional groups attached to an aromatic ring is 1. The molecular weight excluding hydrogens is 254 g/mol. The van der Waals surface area contributed by atoms with Gasteiger partial charge in [0.05, 0.1) is 18.4 Å². The van der Waals surface area contributed by atoms with E-state index in [1.165, 1.54) is 7.11 Å². The third kappa shape index (κ3) is 2.74. The molecule has 104 valence electrons. The molecule has 0 saturated carbocycles. The molecule has 2 aromatic rings. The maximum Gasteiger partial charge on any atom is 0.340 e. The molecule has 4 heteroatoms. The quantitative estimate of drug-likeness (QED) is 0.686. The number of esters is 1. The van der Waals surface area contributed by atoms with Crippen molar-refractivity contribution in [3.63, 3.8) is 0 Å². The summed E-state index contributed by atoms with van der Waals surface area (Å²) < 4.78 is 10.5. The third-order valence-electron chi connectivity index (χ3n) is 3.02. The summed E-state index contributed by atoms with van der Waals surface area (Å²) in [5.41, 5.74) is 8.71. The van der Waals surface area contributed by atoms with E-state index in [-0.39, 0.29) is 5.69 Å². The maximum absolute atomic E-state index is 11.6. The zero-order valence-electron chi connectivity index (χ0n) is 11.8. The topological polar surface area (TPSA) is 61.5 Å². The van der Waals surface area contributed by atoms with Crippen LogP contribution in [0.3, 0.4) is 0 Å². The van der Waals surface area contributed by atoms with Gasteiger partial charge in [-0.15, -0.1) is 0 Å². The maximum atomic E-state index is 11.6. The van der Waals surface area contributed by atoms with E-state index in [9.17, 15) is 4.79 Å². The predicted molar refractivity (Wildman–Crippen MR) is 78.2 cm³/mol. The van der Waals surface area contributed by atoms with E-state index >= 15 is 0 Å². The highest BCUT2D eigenvalue weighted by molar-refractivity contribution is 5.96. The van der Waals surface area contributed by atoms with Gasteiger partial charge in [-0.1, -0.05) is 23.8 Å². The van der Waals surface area contributed by atoms with Gasteiger partial charge in [0.15, 0.2) is 5.75 Å². The fourth-order valence-electron chi connectivity index (χ4n) is 1.95. The van der Waals surface area contributed by atoms with Crippen LogP contribution < -0.4 is 10.5 Å². The van der Waals surface area contributed by atoms with Crippen LogP contribution in [-0.4, -0.2) is 13.1 Å². The number of hydrogen-bond acceptors (Lipinski definition) is 4. The van der Waals surface area contributed by atoms with Crippen molar-refractivity contribution < 1.29 is 14.3 Å². The lowest BCUT2D eigenvalue weighted by atomic mass is 10.1. The van der Waals surface area contributed by atoms with Crippen LogP contribution in [0.2, 0.25) is 0 Å². The summed E-state index contributed by atoms with van der Waals surface area (Å²) in [4.78, 5) is 11.6. The zero-order valence-corrected chi connectivity index (χ0v) is 11.8. The van der Waals surface area contributed by atoms with Gasteiger partial charge in [-0.25, -0.2) is 4.79 Å². The molecule has 20 heavy (non-hydrogen) atoms. The minimum absolute atomic E-state index is 0.277. The molecule has 0 aliphatic heterocycles. The first-order valence-electron chi connectivity index (χ1n) is 6.25. The van der Waals surface area contributed by atoms with E-state index in [0.29, 0.717) is 17.1 Å². The standard InChI is InChI=1S/C16H17NO3/c1-10-7-8-13(11(2)9-10)20-14-6-4-5-12(15(14)17)16(18)19-3/h4-9H,17H2,1-3H3. The van der Waals surface area contributed by atoms with Gasteiger partial charge in [-0.2, -0.15) is 0 Å². The Morgan fingerprint density at radius 1 is 1.10 bits per heavy atom. The van der Waals surface area contributed by atoms with Gasteiger partial charge in [-0.3, -0.25) is 0 Å². The summed E-state index contributed by atoms with van der Waals surface area (Å²) in [5, 5.41) is 0. The number of nitrogens with two attached hydrogens (primary N) is 1. The number of para-hydroxylation sites is 1. The number of aryl methyl sites for hydroxylation is 2. The van der Waals surface area contributed by atoms with Gasteiger partial charge in [0.25, 0.3) is 0 Å². The first kappa shape index (κ1) is 13.9. The molecule has 0 atom stereocenters. The van der Waals surface area contributed by atoms with Crippen molar-refractivity contribution in [2.24, 2.45) is 0 Å². The van der Waals surface area contributed by atoms with E-state index in [1.54, 1.807) is 18.2 Å². The summed E-state index contributed by atoms with van der Waals surface area (Å²) in [6.07, 6.45) is 0. The van der Waals surface area contributed by atoms with Crippen LogP contribution in [0.1, 0.15) is 21.5 Å². The number of hydrogen-bond donors (Lipinski definition) is 1. The number of rotatable bonds is 3. The molecule has 0 spiro atoms. The molecular formula is C16H17NO3. The number of carbonyl (C=O) groups excluding carboxylic acids is 1. The van der Waals surface area contributed by atoms with Crippen molar-refractivity contribution in [1.29, 1.82) is 0 Å². The molecule has 2 N–H and O–H groups in total. The van der Waals surface area contributed by atoms with E-state index in [2.05, 4.69) is 4.74 Å². The van der Waals surface area contributed by atoms with Gasteiger partial charge in [-0.05, 0) is 37.6 Å². The summed E-state index contributed by atoms with van der Waals surface area (Å²) in [6.45, 7) is 3.98. The second-order valence-electron chi connectivity index (χ2n) is 4.58. The second kappa shape index (κ2) is 5.65. The van der Waals surface area contributed by atoms with E-state index in [0.717, 1.165) is 11.1 Å². The first-order valence-corrected chi connectivity index (χ1v) is 6.25. The Hall–Kier alpha value is -2.49. The molecule has 0 aliphatic rings. The number of carbonyl (C=O) groups is 1. The highest BCUT2D eigenvalue weighted by Crippen LogP contribution is 2.32. The predicted octanol–water partition coefficient (Wildman–Crippen LogP) is 3.46. The molecule has 2 rings (SSSR count). The van der Waals surface area contributed by atoms with Crippen LogP contribution in [0.25, 0.3) is 0 Å². The van der Waals surface area contributed by atoms with Crippen LogP contribution in [0, 0.1) is 13.8 Å². The van der Waals surface area contributed by atoms with Crippen LogP contribution in [0.4, 0.5) is 5.69 Å². The average Bonchev–Trinajstić information content (AvgIpc) is 2.43. The van der Waals surface area contributed by atoms with Crippen molar-refractivity contribution in [2.75, 3.05) is 12.8 Å². The van der Waals surface area contributed by atoms with E-state index < -0.39 is 5.97 Å². The minimum Gasteiger partial charge on any atom is -0.465 e. The van der Waals surface area contributed by atoms with Crippen molar-refractivity contribution in [1.82, 2.24) is 0 Å². The Morgan fingerprint density at radius 3 is 2.50 bits per heavy atom. The van der Waals surface area contributed by atoms with Gasteiger partial charge < -0.3 is 15.2 Å². The Morgan fingerprint density at radius 2 is 1.85 bits per heavy atom. The molecule has 0 unspecified atom stereocenters. The van der Waals surface area contributed by atoms with Crippen molar-refractivity contribution in [2.45, 2.75) is 13.8 Å². The first-order chi connectivity index (χ1) is 9.52. The van der Waals surface area contributed by atoms with Crippen LogP contribution in [0.15, 0.2) is 36.4 Å². The minimum atomic E-state index is -0.478. The average molecular weight is 271 g/mol. The van der Waals surface area contributed by atoms with Crippen LogP contribution in [0.5, 0.6) is 11.5 Å². The van der Waals surface area contributed by atoms with E-state index in [1.807, 2.05) is 32.0 Å². The Balaban J connectivity index is 2.37. The number of ether oxygens (including phenoxy) is 2. The molecule has 4 nitrogen and oxygen atoms in total. The Labute approximate surface area is 118 Å². The van der Waals surface area contributed by atoms with Gasteiger partial charge >= 0.3 is 5.97 Å². The number of benzene rings is 2. The molecule has 0 aromatic heterocycles. The second-order valence-corrected chi connectivity index (χ2v) is 4.58. The van der Waals surface area contributed by atoms with Crippen molar-refractivity contribution in [3.8, 4) is 11.5 Å². The fourth-order valence-corrected chi connectivity index (χ4v) is 1.95.